The van der Waals surface area contributed by atoms with Gasteiger partial charge >= 0.3 is 0 Å². The summed E-state index contributed by atoms with van der Waals surface area (Å²) in [4.78, 5) is 0. The van der Waals surface area contributed by atoms with Crippen LogP contribution in [0.4, 0.5) is 0 Å². The lowest BCUT2D eigenvalue weighted by Crippen LogP contribution is -2.10. The highest BCUT2D eigenvalue weighted by Gasteiger charge is 2.19. The molecule has 0 nitrogen and oxygen atoms in total. The predicted octanol–water partition coefficient (Wildman–Crippen LogP) is 6.18. The van der Waals surface area contributed by atoms with Crippen LogP contribution in [-0.2, 0) is 6.04 Å². The van der Waals surface area contributed by atoms with Crippen LogP contribution in [0, 0.1) is 5.92 Å². The number of hydrogen-bond acceptors (Lipinski definition) is 0. The molecule has 138 valence electrons. The van der Waals surface area contributed by atoms with Crippen molar-refractivity contribution in [3.8, 4) is 22.3 Å². The van der Waals surface area contributed by atoms with E-state index < -0.39 is 0 Å². The monoisotopic (exact) mass is 370 g/mol. The van der Waals surface area contributed by atoms with Gasteiger partial charge < -0.3 is 0 Å². The first-order valence-electron chi connectivity index (χ1n) is 10.5. The molecule has 3 aromatic carbocycles. The number of hydrogen-bond donors (Lipinski definition) is 0. The minimum atomic E-state index is 0.770. The molecule has 4 rings (SSSR count). The van der Waals surface area contributed by atoms with Crippen molar-refractivity contribution < 1.29 is 0 Å². The lowest BCUT2D eigenvalue weighted by Gasteiger charge is -2.26. The van der Waals surface area contributed by atoms with Crippen molar-refractivity contribution in [2.45, 2.75) is 44.6 Å². The molecule has 0 atom stereocenters. The van der Waals surface area contributed by atoms with Gasteiger partial charge in [-0.15, -0.1) is 0 Å². The molecule has 0 spiro atoms. The Hall–Kier alpha value is -2.12. The van der Waals surface area contributed by atoms with Crippen LogP contribution in [0.3, 0.4) is 0 Å². The van der Waals surface area contributed by atoms with Crippen molar-refractivity contribution in [2.24, 2.45) is 5.92 Å². The van der Waals surface area contributed by atoms with Gasteiger partial charge in [-0.25, -0.2) is 0 Å². The predicted molar refractivity (Wildman–Crippen MR) is 121 cm³/mol. The molecule has 1 aliphatic rings. The molecular weight excluding hydrogens is 340 g/mol. The molecule has 1 fully saturated rings. The van der Waals surface area contributed by atoms with Gasteiger partial charge in [-0.3, -0.25) is 0 Å². The SMILES string of the molecule is CC1CCC(c2ccc(-c3ccc(-c4ccc(C[SiH3])cc4)cc3)cc2)CC1. The smallest absolute Gasteiger partial charge is 0.00833 e. The molecular formula is C26H30Si. The zero-order chi connectivity index (χ0) is 18.6. The highest BCUT2D eigenvalue weighted by atomic mass is 28.1. The lowest BCUT2D eigenvalue weighted by molar-refractivity contribution is 0.348. The van der Waals surface area contributed by atoms with E-state index in [0.29, 0.717) is 0 Å². The van der Waals surface area contributed by atoms with Gasteiger partial charge in [-0.2, -0.15) is 0 Å². The Bertz CT molecular complexity index is 852. The minimum absolute atomic E-state index is 0.770. The van der Waals surface area contributed by atoms with Gasteiger partial charge in [-0.05, 0) is 58.5 Å². The first kappa shape index (κ1) is 18.2. The summed E-state index contributed by atoms with van der Waals surface area (Å²) in [5, 5.41) is 0. The molecule has 0 aliphatic heterocycles. The zero-order valence-electron chi connectivity index (χ0n) is 16.6. The lowest BCUT2D eigenvalue weighted by atomic mass is 9.79. The topological polar surface area (TPSA) is 0 Å². The van der Waals surface area contributed by atoms with Crippen LogP contribution >= 0.6 is 0 Å². The molecule has 0 unspecified atom stereocenters. The third kappa shape index (κ3) is 4.25. The van der Waals surface area contributed by atoms with Crippen LogP contribution in [0.25, 0.3) is 22.3 Å². The average Bonchev–Trinajstić information content (AvgIpc) is 2.75. The average molecular weight is 371 g/mol. The first-order valence-corrected chi connectivity index (χ1v) is 11.9. The molecule has 0 N–H and O–H groups in total. The Labute approximate surface area is 167 Å². The highest BCUT2D eigenvalue weighted by Crippen LogP contribution is 2.36. The van der Waals surface area contributed by atoms with Gasteiger partial charge in [0, 0.05) is 10.2 Å². The van der Waals surface area contributed by atoms with Crippen molar-refractivity contribution in [1.29, 1.82) is 0 Å². The quantitative estimate of drug-likeness (QED) is 0.481. The molecule has 27 heavy (non-hydrogen) atoms. The molecule has 1 saturated carbocycles. The van der Waals surface area contributed by atoms with Crippen LogP contribution < -0.4 is 0 Å². The molecule has 0 amide bonds. The molecule has 1 heteroatoms. The van der Waals surface area contributed by atoms with E-state index in [2.05, 4.69) is 79.7 Å². The first-order chi connectivity index (χ1) is 13.2. The van der Waals surface area contributed by atoms with Crippen molar-refractivity contribution in [3.05, 3.63) is 83.9 Å². The van der Waals surface area contributed by atoms with Crippen molar-refractivity contribution in [1.82, 2.24) is 0 Å². The largest absolute Gasteiger partial charge is 0.0625 e. The van der Waals surface area contributed by atoms with E-state index in [1.165, 1.54) is 75.4 Å². The molecule has 3 aromatic rings. The van der Waals surface area contributed by atoms with Crippen LogP contribution in [0.1, 0.15) is 49.7 Å². The van der Waals surface area contributed by atoms with Gasteiger partial charge in [-0.1, -0.05) is 98.1 Å². The summed E-state index contributed by atoms with van der Waals surface area (Å²) < 4.78 is 0. The van der Waals surface area contributed by atoms with Crippen molar-refractivity contribution >= 4 is 10.2 Å². The fraction of sp³-hybridized carbons (Fsp3) is 0.308. The molecule has 1 aliphatic carbocycles. The Morgan fingerprint density at radius 2 is 1.04 bits per heavy atom. The summed E-state index contributed by atoms with van der Waals surface area (Å²) in [5.74, 6) is 1.69. The van der Waals surface area contributed by atoms with E-state index in [-0.39, 0.29) is 0 Å². The summed E-state index contributed by atoms with van der Waals surface area (Å²) in [6.07, 6.45) is 5.48. The fourth-order valence-corrected chi connectivity index (χ4v) is 4.80. The second-order valence-electron chi connectivity index (χ2n) is 8.21. The molecule has 0 heterocycles. The Morgan fingerprint density at radius 3 is 1.48 bits per heavy atom. The van der Waals surface area contributed by atoms with E-state index >= 15 is 0 Å². The van der Waals surface area contributed by atoms with Crippen LogP contribution in [0.5, 0.6) is 0 Å². The Balaban J connectivity index is 1.48. The second kappa shape index (κ2) is 8.27. The van der Waals surface area contributed by atoms with Gasteiger partial charge in [0.2, 0.25) is 0 Å². The summed E-state index contributed by atoms with van der Waals surface area (Å²) in [6, 6.07) is 28.6. The van der Waals surface area contributed by atoms with Crippen LogP contribution in [0.15, 0.2) is 72.8 Å². The second-order valence-corrected chi connectivity index (χ2v) is 8.91. The van der Waals surface area contributed by atoms with Crippen LogP contribution in [-0.4, -0.2) is 10.2 Å². The zero-order valence-corrected chi connectivity index (χ0v) is 18.6. The van der Waals surface area contributed by atoms with E-state index in [1.807, 2.05) is 0 Å². The number of rotatable bonds is 4. The Morgan fingerprint density at radius 1 is 0.630 bits per heavy atom. The standard InChI is InChI=1S/C26H30Si/c1-19-2-6-21(7-3-19)23-10-14-25(15-11-23)26-16-12-24(13-17-26)22-8-4-20(18-27)5-9-22/h4-5,8-17,19,21H,2-3,6-7,18H2,1,27H3. The third-order valence-corrected chi connectivity index (χ3v) is 7.13. The molecule has 0 saturated heterocycles. The summed E-state index contributed by atoms with van der Waals surface area (Å²) in [5.41, 5.74) is 8.21. The van der Waals surface area contributed by atoms with E-state index in [4.69, 9.17) is 0 Å². The van der Waals surface area contributed by atoms with Gasteiger partial charge in [0.15, 0.2) is 0 Å². The maximum Gasteiger partial charge on any atom is 0.00833 e. The maximum atomic E-state index is 2.39. The fourth-order valence-electron chi connectivity index (χ4n) is 4.33. The molecule has 0 radical (unpaired) electrons. The Kier molecular flexibility index (Phi) is 5.59. The van der Waals surface area contributed by atoms with Crippen LogP contribution in [0.2, 0.25) is 0 Å². The summed E-state index contributed by atoms with van der Waals surface area (Å²) in [6.45, 7) is 2.39. The normalized spacial score (nSPS) is 19.9. The number of benzene rings is 3. The highest BCUT2D eigenvalue weighted by molar-refractivity contribution is 6.08. The van der Waals surface area contributed by atoms with Crippen molar-refractivity contribution in [3.63, 3.8) is 0 Å². The van der Waals surface area contributed by atoms with E-state index in [9.17, 15) is 0 Å². The van der Waals surface area contributed by atoms with Crippen molar-refractivity contribution in [2.75, 3.05) is 0 Å². The van der Waals surface area contributed by atoms with Gasteiger partial charge in [0.25, 0.3) is 0 Å². The maximum absolute atomic E-state index is 2.39. The minimum Gasteiger partial charge on any atom is -0.0625 e. The third-order valence-electron chi connectivity index (χ3n) is 6.31. The van der Waals surface area contributed by atoms with E-state index in [1.54, 1.807) is 0 Å². The van der Waals surface area contributed by atoms with E-state index in [0.717, 1.165) is 11.8 Å². The van der Waals surface area contributed by atoms with Gasteiger partial charge in [0.05, 0.1) is 0 Å². The summed E-state index contributed by atoms with van der Waals surface area (Å²) in [7, 11) is 1.23. The molecule has 0 aromatic heterocycles. The van der Waals surface area contributed by atoms with Gasteiger partial charge in [0.1, 0.15) is 0 Å². The molecule has 0 bridgehead atoms. The summed E-state index contributed by atoms with van der Waals surface area (Å²) >= 11 is 0.